The Labute approximate surface area is 164 Å². The van der Waals surface area contributed by atoms with Crippen molar-refractivity contribution < 1.29 is 24.1 Å². The van der Waals surface area contributed by atoms with Crippen molar-refractivity contribution in [2.45, 2.75) is 6.42 Å². The lowest BCUT2D eigenvalue weighted by atomic mass is 9.75. The number of aliphatic hydroxyl groups excluding tert-OH is 1. The number of carbonyl (C=O) groups is 1. The van der Waals surface area contributed by atoms with Gasteiger partial charge >= 0.3 is 0 Å². The molecule has 2 aliphatic heterocycles. The van der Waals surface area contributed by atoms with Gasteiger partial charge in [0, 0.05) is 30.5 Å². The molecule has 0 saturated carbocycles. The maximum absolute atomic E-state index is 13.2. The van der Waals surface area contributed by atoms with Gasteiger partial charge in [-0.25, -0.2) is 0 Å². The Morgan fingerprint density at radius 1 is 1.25 bits per heavy atom. The summed E-state index contributed by atoms with van der Waals surface area (Å²) in [5, 5.41) is 10.3. The predicted octanol–water partition coefficient (Wildman–Crippen LogP) is 2.39. The number of fused-ring (bicyclic) bond motifs is 2. The fraction of sp³-hybridized carbons (Fsp3) is 0.409. The molecule has 6 nitrogen and oxygen atoms in total. The minimum absolute atomic E-state index is 0.0128. The van der Waals surface area contributed by atoms with E-state index in [1.165, 1.54) is 0 Å². The highest BCUT2D eigenvalue weighted by atomic mass is 16.5. The minimum Gasteiger partial charge on any atom is -0.497 e. The van der Waals surface area contributed by atoms with E-state index in [1.54, 1.807) is 32.4 Å². The van der Waals surface area contributed by atoms with Crippen molar-refractivity contribution in [1.29, 1.82) is 0 Å². The summed E-state index contributed by atoms with van der Waals surface area (Å²) in [4.78, 5) is 15.1. The Balaban J connectivity index is 1.62. The van der Waals surface area contributed by atoms with Gasteiger partial charge in [-0.1, -0.05) is 18.2 Å². The molecule has 1 fully saturated rings. The van der Waals surface area contributed by atoms with Gasteiger partial charge in [-0.3, -0.25) is 4.79 Å². The van der Waals surface area contributed by atoms with Gasteiger partial charge in [0.1, 0.15) is 17.2 Å². The molecule has 6 heteroatoms. The van der Waals surface area contributed by atoms with E-state index in [0.717, 1.165) is 11.3 Å². The highest BCUT2D eigenvalue weighted by Crippen LogP contribution is 2.44. The zero-order valence-electron chi connectivity index (χ0n) is 16.2. The van der Waals surface area contributed by atoms with Crippen LogP contribution in [0, 0.1) is 11.3 Å². The van der Waals surface area contributed by atoms with Gasteiger partial charge in [0.25, 0.3) is 5.91 Å². The lowest BCUT2D eigenvalue weighted by Crippen LogP contribution is -2.38. The van der Waals surface area contributed by atoms with Gasteiger partial charge in [-0.2, -0.15) is 0 Å². The monoisotopic (exact) mass is 383 g/mol. The number of nitrogens with zero attached hydrogens (tertiary/aromatic N) is 1. The molecule has 0 spiro atoms. The van der Waals surface area contributed by atoms with Crippen LogP contribution in [0.25, 0.3) is 0 Å². The number of para-hydroxylation sites is 1. The van der Waals surface area contributed by atoms with Gasteiger partial charge < -0.3 is 24.2 Å². The maximum atomic E-state index is 13.2. The van der Waals surface area contributed by atoms with Crippen LogP contribution in [-0.2, 0) is 6.42 Å². The molecule has 2 aromatic rings. The molecule has 2 aromatic carbocycles. The van der Waals surface area contributed by atoms with Crippen LogP contribution in [0.5, 0.6) is 17.2 Å². The molecule has 0 aromatic heterocycles. The van der Waals surface area contributed by atoms with Crippen molar-refractivity contribution >= 4 is 5.91 Å². The van der Waals surface area contributed by atoms with Gasteiger partial charge in [0.05, 0.1) is 33.0 Å². The van der Waals surface area contributed by atoms with Crippen LogP contribution in [0.15, 0.2) is 42.5 Å². The molecule has 1 saturated heterocycles. The van der Waals surface area contributed by atoms with Crippen LogP contribution < -0.4 is 14.2 Å². The standard InChI is InChI=1S/C22H25NO5/c1-26-17-7-8-18(20(9-17)27-2)21(25)23-11-16-12-28-19-6-4-3-5-15(19)10-22(16,13-23)14-24/h3-9,16,24H,10-14H2,1-2H3/t16-,22-/m0/s1. The summed E-state index contributed by atoms with van der Waals surface area (Å²) >= 11 is 0. The molecular weight excluding hydrogens is 358 g/mol. The van der Waals surface area contributed by atoms with E-state index >= 15 is 0 Å². The second kappa shape index (κ2) is 7.36. The molecule has 1 amide bonds. The number of rotatable bonds is 4. The number of hydrogen-bond acceptors (Lipinski definition) is 5. The van der Waals surface area contributed by atoms with Crippen LogP contribution in [-0.4, -0.2) is 56.4 Å². The SMILES string of the molecule is COc1ccc(C(=O)N2C[C@H]3COc4ccccc4C[C@@]3(CO)C2)c(OC)c1. The van der Waals surface area contributed by atoms with E-state index in [-0.39, 0.29) is 18.4 Å². The summed E-state index contributed by atoms with van der Waals surface area (Å²) in [5.41, 5.74) is 1.17. The first-order valence-corrected chi connectivity index (χ1v) is 9.43. The minimum atomic E-state index is -0.401. The van der Waals surface area contributed by atoms with E-state index in [9.17, 15) is 9.90 Å². The average molecular weight is 383 g/mol. The fourth-order valence-electron chi connectivity index (χ4n) is 4.36. The largest absolute Gasteiger partial charge is 0.497 e. The van der Waals surface area contributed by atoms with Crippen molar-refractivity contribution in [1.82, 2.24) is 4.90 Å². The Bertz CT molecular complexity index is 883. The normalized spacial score (nSPS) is 23.2. The number of aliphatic hydroxyl groups is 1. The van der Waals surface area contributed by atoms with Crippen molar-refractivity contribution in [3.05, 3.63) is 53.6 Å². The smallest absolute Gasteiger partial charge is 0.257 e. The summed E-state index contributed by atoms with van der Waals surface area (Å²) in [6.07, 6.45) is 0.688. The van der Waals surface area contributed by atoms with E-state index < -0.39 is 5.41 Å². The second-order valence-corrected chi connectivity index (χ2v) is 7.56. The third-order valence-corrected chi connectivity index (χ3v) is 6.01. The molecule has 28 heavy (non-hydrogen) atoms. The molecule has 0 aliphatic carbocycles. The number of likely N-dealkylation sites (tertiary alicyclic amines) is 1. The van der Waals surface area contributed by atoms with E-state index in [0.29, 0.717) is 43.2 Å². The highest BCUT2D eigenvalue weighted by molar-refractivity contribution is 5.97. The number of amides is 1. The number of carbonyl (C=O) groups excluding carboxylic acids is 1. The van der Waals surface area contributed by atoms with Crippen LogP contribution in [0.3, 0.4) is 0 Å². The molecular formula is C22H25NO5. The number of ether oxygens (including phenoxy) is 3. The van der Waals surface area contributed by atoms with E-state index in [2.05, 4.69) is 0 Å². The predicted molar refractivity (Wildman–Crippen MR) is 104 cm³/mol. The molecule has 2 aliphatic rings. The molecule has 148 valence electrons. The first kappa shape index (κ1) is 18.6. The quantitative estimate of drug-likeness (QED) is 0.878. The van der Waals surface area contributed by atoms with E-state index in [1.807, 2.05) is 29.2 Å². The van der Waals surface area contributed by atoms with Crippen molar-refractivity contribution in [2.75, 3.05) is 40.5 Å². The molecule has 2 heterocycles. The Hall–Kier alpha value is -2.73. The van der Waals surface area contributed by atoms with Crippen LogP contribution in [0.2, 0.25) is 0 Å². The van der Waals surface area contributed by atoms with Crippen molar-refractivity contribution in [2.24, 2.45) is 11.3 Å². The zero-order valence-corrected chi connectivity index (χ0v) is 16.2. The summed E-state index contributed by atoms with van der Waals surface area (Å²) < 4.78 is 16.6. The Kier molecular flexibility index (Phi) is 4.89. The van der Waals surface area contributed by atoms with E-state index in [4.69, 9.17) is 14.2 Å². The van der Waals surface area contributed by atoms with Crippen molar-refractivity contribution in [3.63, 3.8) is 0 Å². The molecule has 4 rings (SSSR count). The van der Waals surface area contributed by atoms with Crippen LogP contribution in [0.1, 0.15) is 15.9 Å². The average Bonchev–Trinajstić information content (AvgIpc) is 3.03. The molecule has 0 radical (unpaired) electrons. The lowest BCUT2D eigenvalue weighted by Gasteiger charge is -2.30. The summed E-state index contributed by atoms with van der Waals surface area (Å²) in [5.74, 6) is 1.96. The van der Waals surface area contributed by atoms with Crippen LogP contribution >= 0.6 is 0 Å². The zero-order chi connectivity index (χ0) is 19.7. The first-order valence-electron chi connectivity index (χ1n) is 9.43. The Morgan fingerprint density at radius 2 is 2.07 bits per heavy atom. The molecule has 2 atom stereocenters. The van der Waals surface area contributed by atoms with Crippen molar-refractivity contribution in [3.8, 4) is 17.2 Å². The summed E-state index contributed by atoms with van der Waals surface area (Å²) in [6, 6.07) is 13.1. The summed E-state index contributed by atoms with van der Waals surface area (Å²) in [6.45, 7) is 1.53. The lowest BCUT2D eigenvalue weighted by molar-refractivity contribution is 0.0692. The molecule has 0 bridgehead atoms. The third kappa shape index (κ3) is 3.07. The van der Waals surface area contributed by atoms with Gasteiger partial charge in [-0.05, 0) is 30.2 Å². The Morgan fingerprint density at radius 3 is 2.82 bits per heavy atom. The number of hydrogen-bond donors (Lipinski definition) is 1. The highest BCUT2D eigenvalue weighted by Gasteiger charge is 2.49. The topological polar surface area (TPSA) is 68.2 Å². The third-order valence-electron chi connectivity index (χ3n) is 6.01. The first-order chi connectivity index (χ1) is 13.6. The number of benzene rings is 2. The summed E-state index contributed by atoms with van der Waals surface area (Å²) in [7, 11) is 3.12. The van der Waals surface area contributed by atoms with Gasteiger partial charge in [0.2, 0.25) is 0 Å². The molecule has 1 N–H and O–H groups in total. The second-order valence-electron chi connectivity index (χ2n) is 7.56. The maximum Gasteiger partial charge on any atom is 0.257 e. The van der Waals surface area contributed by atoms with Gasteiger partial charge in [0.15, 0.2) is 0 Å². The van der Waals surface area contributed by atoms with Gasteiger partial charge in [-0.15, -0.1) is 0 Å². The van der Waals surface area contributed by atoms with Crippen LogP contribution in [0.4, 0.5) is 0 Å². The fourth-order valence-corrected chi connectivity index (χ4v) is 4.36. The molecule has 0 unspecified atom stereocenters. The number of methoxy groups -OCH3 is 2.